The topological polar surface area (TPSA) is 84.5 Å². The standard InChI is InChI=1S/C25H35NO7/c1-15-9-10-19-16(2)22(29-14-13-28-21-8-6-5-7-20(21)26-17(3)27)30-23-25(19)18(15)11-12-24(4,31-23)32-33-25/h5-8,15-16,18-19,22-23H,9-14H2,1-4H3,(H,26,27)/t15-,16-,18?,19+,22+,23-,24-,25-/m1/s1. The Morgan fingerprint density at radius 2 is 1.94 bits per heavy atom. The third-order valence-corrected chi connectivity index (χ3v) is 7.92. The molecule has 1 unspecified atom stereocenters. The fourth-order valence-corrected chi connectivity index (χ4v) is 6.26. The Kier molecular flexibility index (Phi) is 6.16. The van der Waals surface area contributed by atoms with Gasteiger partial charge in [-0.05, 0) is 50.2 Å². The first-order chi connectivity index (χ1) is 15.8. The molecule has 4 aliphatic heterocycles. The second kappa shape index (κ2) is 8.82. The molecule has 1 amide bonds. The fourth-order valence-electron chi connectivity index (χ4n) is 6.26. The summed E-state index contributed by atoms with van der Waals surface area (Å²) < 4.78 is 24.8. The Bertz CT molecular complexity index is 880. The maximum Gasteiger partial charge on any atom is 0.221 e. The number of amides is 1. The minimum atomic E-state index is -0.792. The van der Waals surface area contributed by atoms with Crippen LogP contribution in [0.25, 0.3) is 0 Å². The van der Waals surface area contributed by atoms with E-state index in [1.807, 2.05) is 31.2 Å². The van der Waals surface area contributed by atoms with E-state index in [4.69, 9.17) is 28.7 Å². The molecule has 1 N–H and O–H groups in total. The summed E-state index contributed by atoms with van der Waals surface area (Å²) >= 11 is 0. The monoisotopic (exact) mass is 461 g/mol. The molecule has 5 fully saturated rings. The molecule has 1 aliphatic carbocycles. The smallest absolute Gasteiger partial charge is 0.221 e. The van der Waals surface area contributed by atoms with Gasteiger partial charge in [0, 0.05) is 25.2 Å². The molecule has 4 heterocycles. The Balaban J connectivity index is 1.25. The summed E-state index contributed by atoms with van der Waals surface area (Å²) in [4.78, 5) is 23.4. The van der Waals surface area contributed by atoms with Gasteiger partial charge in [0.05, 0.1) is 12.3 Å². The molecule has 33 heavy (non-hydrogen) atoms. The molecule has 8 heteroatoms. The zero-order chi connectivity index (χ0) is 23.2. The molecule has 0 radical (unpaired) electrons. The van der Waals surface area contributed by atoms with Gasteiger partial charge in [-0.25, -0.2) is 9.78 Å². The summed E-state index contributed by atoms with van der Waals surface area (Å²) in [5, 5.41) is 2.78. The first kappa shape index (κ1) is 23.1. The van der Waals surface area contributed by atoms with Crippen LogP contribution in [0.2, 0.25) is 0 Å². The summed E-state index contributed by atoms with van der Waals surface area (Å²) in [6, 6.07) is 7.36. The molecule has 8 atom stereocenters. The van der Waals surface area contributed by atoms with E-state index >= 15 is 0 Å². The summed E-state index contributed by atoms with van der Waals surface area (Å²) in [6.45, 7) is 8.56. The number of para-hydroxylation sites is 2. The molecule has 6 rings (SSSR count). The van der Waals surface area contributed by atoms with E-state index in [0.29, 0.717) is 36.5 Å². The second-order valence-corrected chi connectivity index (χ2v) is 10.2. The van der Waals surface area contributed by atoms with Crippen molar-refractivity contribution < 1.29 is 33.5 Å². The van der Waals surface area contributed by atoms with Crippen LogP contribution in [0.3, 0.4) is 0 Å². The number of anilines is 1. The lowest BCUT2D eigenvalue weighted by Gasteiger charge is -2.60. The van der Waals surface area contributed by atoms with E-state index in [0.717, 1.165) is 25.7 Å². The summed E-state index contributed by atoms with van der Waals surface area (Å²) in [5.74, 6) is 0.894. The van der Waals surface area contributed by atoms with E-state index in [9.17, 15) is 4.79 Å². The molecule has 1 spiro atoms. The van der Waals surface area contributed by atoms with Crippen molar-refractivity contribution in [3.05, 3.63) is 24.3 Å². The number of benzene rings is 1. The van der Waals surface area contributed by atoms with Crippen LogP contribution in [0.5, 0.6) is 5.75 Å². The maximum atomic E-state index is 11.4. The molecule has 2 bridgehead atoms. The van der Waals surface area contributed by atoms with Gasteiger partial charge < -0.3 is 24.3 Å². The molecule has 182 valence electrons. The van der Waals surface area contributed by atoms with Gasteiger partial charge in [0.1, 0.15) is 12.4 Å². The molecule has 1 aromatic rings. The third-order valence-electron chi connectivity index (χ3n) is 7.92. The van der Waals surface area contributed by atoms with Gasteiger partial charge in [-0.1, -0.05) is 26.0 Å². The van der Waals surface area contributed by atoms with Gasteiger partial charge in [0.25, 0.3) is 0 Å². The highest BCUT2D eigenvalue weighted by atomic mass is 17.3. The quantitative estimate of drug-likeness (QED) is 0.501. The number of carbonyl (C=O) groups excluding carboxylic acids is 1. The average Bonchev–Trinajstić information content (AvgIpc) is 3.01. The summed E-state index contributed by atoms with van der Waals surface area (Å²) in [5.41, 5.74) is 0.0608. The first-order valence-electron chi connectivity index (χ1n) is 12.1. The van der Waals surface area contributed by atoms with Crippen LogP contribution < -0.4 is 10.1 Å². The highest BCUT2D eigenvalue weighted by Gasteiger charge is 2.69. The number of hydrogen-bond acceptors (Lipinski definition) is 7. The number of hydrogen-bond donors (Lipinski definition) is 1. The van der Waals surface area contributed by atoms with Crippen molar-refractivity contribution in [3.63, 3.8) is 0 Å². The largest absolute Gasteiger partial charge is 0.489 e. The predicted octanol–water partition coefficient (Wildman–Crippen LogP) is 4.25. The van der Waals surface area contributed by atoms with Gasteiger partial charge in [-0.2, -0.15) is 0 Å². The van der Waals surface area contributed by atoms with Crippen LogP contribution in [0.1, 0.15) is 53.4 Å². The minimum Gasteiger partial charge on any atom is -0.489 e. The van der Waals surface area contributed by atoms with Crippen LogP contribution in [0, 0.1) is 23.7 Å². The fraction of sp³-hybridized carbons (Fsp3) is 0.720. The van der Waals surface area contributed by atoms with Gasteiger partial charge in [0.2, 0.25) is 11.7 Å². The zero-order valence-corrected chi connectivity index (χ0v) is 19.9. The van der Waals surface area contributed by atoms with Crippen molar-refractivity contribution in [2.75, 3.05) is 18.5 Å². The van der Waals surface area contributed by atoms with Crippen LogP contribution >= 0.6 is 0 Å². The second-order valence-electron chi connectivity index (χ2n) is 10.2. The Labute approximate surface area is 195 Å². The number of fused-ring (bicyclic) bond motifs is 2. The van der Waals surface area contributed by atoms with E-state index in [2.05, 4.69) is 19.2 Å². The molecule has 5 aliphatic rings. The van der Waals surface area contributed by atoms with Crippen molar-refractivity contribution in [2.24, 2.45) is 23.7 Å². The lowest BCUT2D eigenvalue weighted by atomic mass is 9.58. The van der Waals surface area contributed by atoms with Crippen molar-refractivity contribution in [1.29, 1.82) is 0 Å². The normalized spacial score (nSPS) is 41.7. The van der Waals surface area contributed by atoms with Crippen molar-refractivity contribution >= 4 is 11.6 Å². The lowest BCUT2D eigenvalue weighted by Crippen LogP contribution is -2.70. The zero-order valence-electron chi connectivity index (χ0n) is 19.9. The molecule has 1 aromatic carbocycles. The number of ether oxygens (including phenoxy) is 4. The number of carbonyl (C=O) groups is 1. The molecule has 1 saturated carbocycles. The Morgan fingerprint density at radius 1 is 1.12 bits per heavy atom. The summed E-state index contributed by atoms with van der Waals surface area (Å²) in [6.07, 6.45) is 3.05. The Hall–Kier alpha value is -1.71. The van der Waals surface area contributed by atoms with Gasteiger partial charge in [-0.3, -0.25) is 4.79 Å². The lowest BCUT2D eigenvalue weighted by molar-refractivity contribution is -0.577. The van der Waals surface area contributed by atoms with E-state index in [1.165, 1.54) is 6.92 Å². The maximum absolute atomic E-state index is 11.4. The Morgan fingerprint density at radius 3 is 2.76 bits per heavy atom. The highest BCUT2D eigenvalue weighted by molar-refractivity contribution is 5.90. The first-order valence-corrected chi connectivity index (χ1v) is 12.1. The van der Waals surface area contributed by atoms with Crippen molar-refractivity contribution in [1.82, 2.24) is 0 Å². The van der Waals surface area contributed by atoms with Crippen LogP contribution in [0.4, 0.5) is 5.69 Å². The number of rotatable bonds is 6. The molecule has 0 aromatic heterocycles. The van der Waals surface area contributed by atoms with Crippen LogP contribution in [-0.4, -0.2) is 43.1 Å². The molecule has 4 saturated heterocycles. The van der Waals surface area contributed by atoms with Gasteiger partial charge in [0.15, 0.2) is 18.2 Å². The third kappa shape index (κ3) is 4.06. The SMILES string of the molecule is CC(=O)Nc1ccccc1OCCO[C@H]1O[C@@H]2O[C@@]3(C)CCC4[C@H](C)CC[C@@H]([C@H]1C)[C@]42OO3. The van der Waals surface area contributed by atoms with Crippen LogP contribution in [-0.2, 0) is 28.8 Å². The van der Waals surface area contributed by atoms with E-state index in [1.54, 1.807) is 0 Å². The van der Waals surface area contributed by atoms with Gasteiger partial charge in [-0.15, -0.1) is 0 Å². The van der Waals surface area contributed by atoms with Crippen molar-refractivity contribution in [2.45, 2.75) is 77.3 Å². The molecule has 8 nitrogen and oxygen atoms in total. The summed E-state index contributed by atoms with van der Waals surface area (Å²) in [7, 11) is 0. The number of nitrogens with one attached hydrogen (secondary N) is 1. The molecular formula is C25H35NO7. The van der Waals surface area contributed by atoms with E-state index < -0.39 is 24.0 Å². The van der Waals surface area contributed by atoms with E-state index in [-0.39, 0.29) is 17.7 Å². The minimum absolute atomic E-state index is 0.123. The molecular weight excluding hydrogens is 426 g/mol. The van der Waals surface area contributed by atoms with Crippen LogP contribution in [0.15, 0.2) is 24.3 Å². The highest BCUT2D eigenvalue weighted by Crippen LogP contribution is 2.60. The van der Waals surface area contributed by atoms with Crippen molar-refractivity contribution in [3.8, 4) is 5.75 Å². The predicted molar refractivity (Wildman–Crippen MR) is 119 cm³/mol. The van der Waals surface area contributed by atoms with Gasteiger partial charge >= 0.3 is 0 Å². The average molecular weight is 462 g/mol.